The quantitative estimate of drug-likeness (QED) is 0.873. The van der Waals surface area contributed by atoms with Crippen LogP contribution >= 0.6 is 11.3 Å². The van der Waals surface area contributed by atoms with Crippen molar-refractivity contribution in [2.24, 2.45) is 0 Å². The SMILES string of the molecule is COC(=O)c1sc2cccc(OC(F)F)c2c1N. The van der Waals surface area contributed by atoms with E-state index in [0.717, 1.165) is 11.3 Å². The fourth-order valence-corrected chi connectivity index (χ4v) is 2.64. The Morgan fingerprint density at radius 3 is 2.78 bits per heavy atom. The molecule has 0 saturated heterocycles. The summed E-state index contributed by atoms with van der Waals surface area (Å²) in [6, 6.07) is 4.59. The average molecular weight is 273 g/mol. The summed E-state index contributed by atoms with van der Waals surface area (Å²) in [7, 11) is 1.22. The topological polar surface area (TPSA) is 61.5 Å². The maximum atomic E-state index is 12.3. The second-order valence-electron chi connectivity index (χ2n) is 3.34. The maximum Gasteiger partial charge on any atom is 0.387 e. The van der Waals surface area contributed by atoms with Crippen molar-refractivity contribution >= 4 is 33.1 Å². The van der Waals surface area contributed by atoms with E-state index in [1.165, 1.54) is 13.2 Å². The first-order chi connectivity index (χ1) is 8.54. The number of carbonyl (C=O) groups is 1. The van der Waals surface area contributed by atoms with E-state index in [4.69, 9.17) is 5.73 Å². The molecule has 1 aromatic carbocycles. The minimum atomic E-state index is -2.95. The summed E-state index contributed by atoms with van der Waals surface area (Å²) >= 11 is 1.07. The summed E-state index contributed by atoms with van der Waals surface area (Å²) in [6.07, 6.45) is 0. The molecule has 0 aliphatic rings. The standard InChI is InChI=1S/C11H9F2NO3S/c1-16-10(15)9-8(14)7-5(17-11(12)13)3-2-4-6(7)18-9/h2-4,11H,14H2,1H3. The van der Waals surface area contributed by atoms with Crippen molar-refractivity contribution in [3.63, 3.8) is 0 Å². The van der Waals surface area contributed by atoms with Gasteiger partial charge in [0.2, 0.25) is 0 Å². The average Bonchev–Trinajstić information content (AvgIpc) is 2.66. The van der Waals surface area contributed by atoms with Crippen molar-refractivity contribution in [2.45, 2.75) is 6.61 Å². The Labute approximate surface area is 105 Å². The molecule has 2 aromatic rings. The van der Waals surface area contributed by atoms with Gasteiger partial charge in [0.15, 0.2) is 0 Å². The highest BCUT2D eigenvalue weighted by atomic mass is 32.1. The molecule has 0 amide bonds. The number of fused-ring (bicyclic) bond motifs is 1. The lowest BCUT2D eigenvalue weighted by Crippen LogP contribution is -2.04. The lowest BCUT2D eigenvalue weighted by molar-refractivity contribution is -0.0487. The first kappa shape index (κ1) is 12.6. The Balaban J connectivity index is 2.62. The number of carbonyl (C=O) groups excluding carboxylic acids is 1. The second kappa shape index (κ2) is 4.77. The lowest BCUT2D eigenvalue weighted by atomic mass is 10.2. The van der Waals surface area contributed by atoms with Crippen LogP contribution in [-0.2, 0) is 4.74 Å². The van der Waals surface area contributed by atoms with Gasteiger partial charge in [-0.15, -0.1) is 11.3 Å². The number of nitrogens with two attached hydrogens (primary N) is 1. The molecule has 4 nitrogen and oxygen atoms in total. The number of esters is 1. The molecule has 0 unspecified atom stereocenters. The molecule has 96 valence electrons. The number of ether oxygens (including phenoxy) is 2. The molecule has 18 heavy (non-hydrogen) atoms. The number of rotatable bonds is 3. The first-order valence-electron chi connectivity index (χ1n) is 4.88. The molecular weight excluding hydrogens is 264 g/mol. The number of hydrogen-bond acceptors (Lipinski definition) is 5. The third-order valence-electron chi connectivity index (χ3n) is 2.30. The Bertz CT molecular complexity index is 597. The first-order valence-corrected chi connectivity index (χ1v) is 5.70. The van der Waals surface area contributed by atoms with Crippen LogP contribution in [-0.4, -0.2) is 19.7 Å². The van der Waals surface area contributed by atoms with Crippen molar-refractivity contribution in [1.29, 1.82) is 0 Å². The van der Waals surface area contributed by atoms with E-state index >= 15 is 0 Å². The third-order valence-corrected chi connectivity index (χ3v) is 3.45. The predicted octanol–water partition coefficient (Wildman–Crippen LogP) is 2.87. The van der Waals surface area contributed by atoms with E-state index in [-0.39, 0.29) is 16.3 Å². The number of hydrogen-bond donors (Lipinski definition) is 1. The van der Waals surface area contributed by atoms with Gasteiger partial charge in [0, 0.05) is 4.70 Å². The van der Waals surface area contributed by atoms with Crippen molar-refractivity contribution < 1.29 is 23.0 Å². The number of thiophene rings is 1. The molecule has 0 radical (unpaired) electrons. The Kier molecular flexibility index (Phi) is 3.33. The van der Waals surface area contributed by atoms with E-state index in [1.807, 2.05) is 0 Å². The van der Waals surface area contributed by atoms with E-state index in [2.05, 4.69) is 9.47 Å². The fourth-order valence-electron chi connectivity index (χ4n) is 1.58. The monoisotopic (exact) mass is 273 g/mol. The van der Waals surface area contributed by atoms with Crippen LogP contribution in [0.15, 0.2) is 18.2 Å². The molecule has 0 fully saturated rings. The summed E-state index contributed by atoms with van der Waals surface area (Å²) < 4.78 is 34.1. The zero-order valence-corrected chi connectivity index (χ0v) is 10.1. The highest BCUT2D eigenvalue weighted by Gasteiger charge is 2.20. The van der Waals surface area contributed by atoms with E-state index in [0.29, 0.717) is 10.1 Å². The molecule has 1 heterocycles. The lowest BCUT2D eigenvalue weighted by Gasteiger charge is -2.06. The van der Waals surface area contributed by atoms with Gasteiger partial charge < -0.3 is 15.2 Å². The van der Waals surface area contributed by atoms with Gasteiger partial charge in [-0.05, 0) is 12.1 Å². The van der Waals surface area contributed by atoms with Gasteiger partial charge in [0.05, 0.1) is 18.2 Å². The third kappa shape index (κ3) is 2.08. The predicted molar refractivity (Wildman–Crippen MR) is 64.2 cm³/mol. The summed E-state index contributed by atoms with van der Waals surface area (Å²) in [5.74, 6) is -0.650. The number of alkyl halides is 2. The maximum absolute atomic E-state index is 12.3. The molecule has 0 atom stereocenters. The molecule has 2 N–H and O–H groups in total. The van der Waals surface area contributed by atoms with Gasteiger partial charge in [-0.3, -0.25) is 0 Å². The zero-order valence-electron chi connectivity index (χ0n) is 9.28. The molecule has 0 bridgehead atoms. The molecule has 1 aromatic heterocycles. The normalized spacial score (nSPS) is 10.9. The minimum Gasteiger partial charge on any atom is -0.465 e. The summed E-state index contributed by atoms with van der Waals surface area (Å²) in [6.45, 7) is -2.95. The number of benzene rings is 1. The summed E-state index contributed by atoms with van der Waals surface area (Å²) in [4.78, 5) is 11.6. The number of halogens is 2. The van der Waals surface area contributed by atoms with Crippen LogP contribution in [0.25, 0.3) is 10.1 Å². The van der Waals surface area contributed by atoms with Gasteiger partial charge in [-0.1, -0.05) is 6.07 Å². The summed E-state index contributed by atoms with van der Waals surface area (Å²) in [5, 5.41) is 0.309. The highest BCUT2D eigenvalue weighted by Crippen LogP contribution is 2.40. The smallest absolute Gasteiger partial charge is 0.387 e. The van der Waals surface area contributed by atoms with Gasteiger partial charge in [-0.2, -0.15) is 8.78 Å². The largest absolute Gasteiger partial charge is 0.465 e. The van der Waals surface area contributed by atoms with Crippen molar-refractivity contribution in [1.82, 2.24) is 0 Å². The van der Waals surface area contributed by atoms with E-state index in [1.54, 1.807) is 12.1 Å². The van der Waals surface area contributed by atoms with Crippen molar-refractivity contribution in [3.05, 3.63) is 23.1 Å². The van der Waals surface area contributed by atoms with Crippen LogP contribution in [0.3, 0.4) is 0 Å². The highest BCUT2D eigenvalue weighted by molar-refractivity contribution is 7.21. The fraction of sp³-hybridized carbons (Fsp3) is 0.182. The molecule has 0 saturated carbocycles. The zero-order chi connectivity index (χ0) is 13.3. The Hall–Kier alpha value is -1.89. The van der Waals surface area contributed by atoms with Crippen LogP contribution < -0.4 is 10.5 Å². The Morgan fingerprint density at radius 1 is 1.44 bits per heavy atom. The molecular formula is C11H9F2NO3S. The van der Waals surface area contributed by atoms with Crippen LogP contribution in [0, 0.1) is 0 Å². The molecule has 0 aliphatic heterocycles. The molecule has 0 spiro atoms. The van der Waals surface area contributed by atoms with Crippen molar-refractivity contribution in [3.8, 4) is 5.75 Å². The molecule has 0 aliphatic carbocycles. The van der Waals surface area contributed by atoms with Crippen LogP contribution in [0.4, 0.5) is 14.5 Å². The van der Waals surface area contributed by atoms with Gasteiger partial charge in [0.1, 0.15) is 10.6 Å². The minimum absolute atomic E-state index is 0.0496. The number of anilines is 1. The van der Waals surface area contributed by atoms with Crippen LogP contribution in [0.2, 0.25) is 0 Å². The van der Waals surface area contributed by atoms with Gasteiger partial charge >= 0.3 is 12.6 Å². The molecule has 2 rings (SSSR count). The van der Waals surface area contributed by atoms with Gasteiger partial charge in [0.25, 0.3) is 0 Å². The molecule has 7 heteroatoms. The van der Waals surface area contributed by atoms with E-state index < -0.39 is 12.6 Å². The van der Waals surface area contributed by atoms with Crippen molar-refractivity contribution in [2.75, 3.05) is 12.8 Å². The second-order valence-corrected chi connectivity index (χ2v) is 4.40. The summed E-state index contributed by atoms with van der Waals surface area (Å²) in [5.41, 5.74) is 5.87. The van der Waals surface area contributed by atoms with Crippen LogP contribution in [0.5, 0.6) is 5.75 Å². The van der Waals surface area contributed by atoms with E-state index in [9.17, 15) is 13.6 Å². The Morgan fingerprint density at radius 2 is 2.17 bits per heavy atom. The number of methoxy groups -OCH3 is 1. The number of nitrogen functional groups attached to an aromatic ring is 1. The van der Waals surface area contributed by atoms with Crippen LogP contribution in [0.1, 0.15) is 9.67 Å². The van der Waals surface area contributed by atoms with Gasteiger partial charge in [-0.25, -0.2) is 4.79 Å².